The molecule has 0 saturated heterocycles. The maximum atomic E-state index is 11.3. The van der Waals surface area contributed by atoms with Crippen LogP contribution in [0.2, 0.25) is 0 Å². The van der Waals surface area contributed by atoms with Crippen molar-refractivity contribution in [2.45, 2.75) is 13.0 Å². The third kappa shape index (κ3) is 1.89. The molecule has 1 aliphatic heterocycles. The summed E-state index contributed by atoms with van der Waals surface area (Å²) in [5.74, 6) is -0.549. The number of carbonyl (C=O) groups is 1. The van der Waals surface area contributed by atoms with Gasteiger partial charge in [-0.1, -0.05) is 6.08 Å². The first-order valence-corrected chi connectivity index (χ1v) is 5.25. The van der Waals surface area contributed by atoms with E-state index in [9.17, 15) is 13.2 Å². The smallest absolute Gasteiger partial charge is 0.323 e. The van der Waals surface area contributed by atoms with Crippen molar-refractivity contribution in [2.24, 2.45) is 0 Å². The summed E-state index contributed by atoms with van der Waals surface area (Å²) in [4.78, 5) is 11.0. The van der Waals surface area contributed by atoms with Crippen molar-refractivity contribution in [3.8, 4) is 0 Å². The number of methoxy groups -OCH3 is 1. The Labute approximate surface area is 77.0 Å². The summed E-state index contributed by atoms with van der Waals surface area (Å²) in [6.45, 7) is 1.73. The molecule has 0 spiro atoms. The zero-order valence-electron chi connectivity index (χ0n) is 7.43. The summed E-state index contributed by atoms with van der Waals surface area (Å²) in [5.41, 5.74) is 0. The van der Waals surface area contributed by atoms with E-state index >= 15 is 0 Å². The molecule has 6 heteroatoms. The Morgan fingerprint density at radius 3 is 2.62 bits per heavy atom. The van der Waals surface area contributed by atoms with E-state index in [1.807, 2.05) is 0 Å². The molecule has 1 aliphatic rings. The van der Waals surface area contributed by atoms with Crippen LogP contribution in [0.3, 0.4) is 0 Å². The lowest BCUT2D eigenvalue weighted by Crippen LogP contribution is -2.40. The first-order chi connectivity index (χ1) is 5.99. The van der Waals surface area contributed by atoms with E-state index in [2.05, 4.69) is 4.74 Å². The predicted molar refractivity (Wildman–Crippen MR) is 46.2 cm³/mol. The maximum absolute atomic E-state index is 11.3. The van der Waals surface area contributed by atoms with Gasteiger partial charge < -0.3 is 4.74 Å². The molecule has 0 saturated carbocycles. The van der Waals surface area contributed by atoms with Crippen molar-refractivity contribution in [3.63, 3.8) is 0 Å². The number of hydrogen-bond acceptors (Lipinski definition) is 4. The standard InChI is InChI=1S/C7H11NO4S/c1-6(7(9)12-2)8-4-3-5-13(8,10)11/h3,5-6H,4H2,1-2H3. The Morgan fingerprint density at radius 2 is 2.23 bits per heavy atom. The number of ether oxygens (including phenoxy) is 1. The second kappa shape index (κ2) is 3.47. The predicted octanol–water partition coefficient (Wildman–Crippen LogP) is -0.293. The van der Waals surface area contributed by atoms with Gasteiger partial charge in [0.2, 0.25) is 10.0 Å². The highest BCUT2D eigenvalue weighted by Crippen LogP contribution is 2.15. The fourth-order valence-corrected chi connectivity index (χ4v) is 2.42. The van der Waals surface area contributed by atoms with Crippen molar-refractivity contribution >= 4 is 16.0 Å². The van der Waals surface area contributed by atoms with Gasteiger partial charge in [-0.25, -0.2) is 8.42 Å². The van der Waals surface area contributed by atoms with Crippen LogP contribution < -0.4 is 0 Å². The van der Waals surface area contributed by atoms with Crippen molar-refractivity contribution in [1.82, 2.24) is 4.31 Å². The molecule has 0 aromatic rings. The lowest BCUT2D eigenvalue weighted by molar-refractivity contribution is -0.144. The highest BCUT2D eigenvalue weighted by atomic mass is 32.2. The number of carbonyl (C=O) groups excluding carboxylic acids is 1. The van der Waals surface area contributed by atoms with E-state index in [0.29, 0.717) is 0 Å². The average Bonchev–Trinajstić information content (AvgIpc) is 2.42. The van der Waals surface area contributed by atoms with Gasteiger partial charge in [-0.15, -0.1) is 0 Å². The van der Waals surface area contributed by atoms with Gasteiger partial charge >= 0.3 is 5.97 Å². The molecule has 0 bridgehead atoms. The first kappa shape index (κ1) is 10.2. The van der Waals surface area contributed by atoms with E-state index in [4.69, 9.17) is 0 Å². The van der Waals surface area contributed by atoms with E-state index in [1.165, 1.54) is 20.1 Å². The van der Waals surface area contributed by atoms with Crippen LogP contribution in [0.15, 0.2) is 11.5 Å². The third-order valence-electron chi connectivity index (χ3n) is 1.85. The lowest BCUT2D eigenvalue weighted by atomic mass is 10.3. The molecular weight excluding hydrogens is 194 g/mol. The second-order valence-electron chi connectivity index (χ2n) is 2.69. The van der Waals surface area contributed by atoms with Crippen molar-refractivity contribution < 1.29 is 17.9 Å². The number of hydrogen-bond donors (Lipinski definition) is 0. The average molecular weight is 205 g/mol. The van der Waals surface area contributed by atoms with Crippen LogP contribution in [0, 0.1) is 0 Å². The normalized spacial score (nSPS) is 22.9. The molecular formula is C7H11NO4S. The van der Waals surface area contributed by atoms with Gasteiger partial charge in [0, 0.05) is 12.0 Å². The van der Waals surface area contributed by atoms with Gasteiger partial charge in [0.1, 0.15) is 6.04 Å². The molecule has 1 atom stereocenters. The molecule has 0 aliphatic carbocycles. The number of nitrogens with zero attached hydrogens (tertiary/aromatic N) is 1. The van der Waals surface area contributed by atoms with Crippen molar-refractivity contribution in [2.75, 3.05) is 13.7 Å². The molecule has 0 aromatic heterocycles. The summed E-state index contributed by atoms with van der Waals surface area (Å²) >= 11 is 0. The molecule has 0 N–H and O–H groups in total. The molecule has 0 radical (unpaired) electrons. The minimum absolute atomic E-state index is 0.235. The Kier molecular flexibility index (Phi) is 2.72. The summed E-state index contributed by atoms with van der Waals surface area (Å²) < 4.78 is 28.0. The van der Waals surface area contributed by atoms with Crippen LogP contribution in [0.4, 0.5) is 0 Å². The highest BCUT2D eigenvalue weighted by Gasteiger charge is 2.32. The van der Waals surface area contributed by atoms with Crippen LogP contribution in [0.1, 0.15) is 6.92 Å². The monoisotopic (exact) mass is 205 g/mol. The van der Waals surface area contributed by atoms with Gasteiger partial charge in [0.05, 0.1) is 7.11 Å². The Balaban J connectivity index is 2.81. The number of esters is 1. The van der Waals surface area contributed by atoms with Crippen molar-refractivity contribution in [1.29, 1.82) is 0 Å². The Bertz CT molecular complexity index is 332. The molecule has 74 valence electrons. The minimum Gasteiger partial charge on any atom is -0.468 e. The summed E-state index contributed by atoms with van der Waals surface area (Å²) in [5, 5.41) is 1.09. The van der Waals surface area contributed by atoms with Crippen LogP contribution in [0.25, 0.3) is 0 Å². The molecule has 0 fully saturated rings. The lowest BCUT2D eigenvalue weighted by Gasteiger charge is -2.19. The van der Waals surface area contributed by atoms with Gasteiger partial charge in [-0.05, 0) is 6.92 Å². The molecule has 5 nitrogen and oxygen atoms in total. The summed E-state index contributed by atoms with van der Waals surface area (Å²) in [6, 6.07) is -0.759. The van der Waals surface area contributed by atoms with Crippen LogP contribution in [0.5, 0.6) is 0 Å². The summed E-state index contributed by atoms with van der Waals surface area (Å²) in [7, 11) is -2.16. The molecule has 1 heterocycles. The fourth-order valence-electron chi connectivity index (χ4n) is 1.12. The van der Waals surface area contributed by atoms with Gasteiger partial charge in [-0.3, -0.25) is 4.79 Å². The fraction of sp³-hybridized carbons (Fsp3) is 0.571. The van der Waals surface area contributed by atoms with E-state index < -0.39 is 22.0 Å². The maximum Gasteiger partial charge on any atom is 0.323 e. The Morgan fingerprint density at radius 1 is 1.62 bits per heavy atom. The zero-order valence-corrected chi connectivity index (χ0v) is 8.24. The summed E-state index contributed by atoms with van der Waals surface area (Å²) in [6.07, 6.45) is 1.49. The third-order valence-corrected chi connectivity index (χ3v) is 3.51. The van der Waals surface area contributed by atoms with Gasteiger partial charge in [0.15, 0.2) is 0 Å². The second-order valence-corrected chi connectivity index (χ2v) is 4.46. The van der Waals surface area contributed by atoms with E-state index in [0.717, 1.165) is 9.71 Å². The largest absolute Gasteiger partial charge is 0.468 e. The van der Waals surface area contributed by atoms with Crippen LogP contribution in [-0.4, -0.2) is 38.4 Å². The highest BCUT2D eigenvalue weighted by molar-refractivity contribution is 7.92. The topological polar surface area (TPSA) is 63.7 Å². The quantitative estimate of drug-likeness (QED) is 0.581. The van der Waals surface area contributed by atoms with Crippen LogP contribution in [-0.2, 0) is 19.6 Å². The SMILES string of the molecule is COC(=O)C(C)N1CC=CS1(=O)=O. The first-order valence-electron chi connectivity index (χ1n) is 3.75. The van der Waals surface area contributed by atoms with Crippen molar-refractivity contribution in [3.05, 3.63) is 11.5 Å². The van der Waals surface area contributed by atoms with E-state index in [1.54, 1.807) is 0 Å². The molecule has 1 rings (SSSR count). The Hall–Kier alpha value is -0.880. The van der Waals surface area contributed by atoms with Crippen LogP contribution >= 0.6 is 0 Å². The molecule has 13 heavy (non-hydrogen) atoms. The molecule has 0 aromatic carbocycles. The van der Waals surface area contributed by atoms with E-state index in [-0.39, 0.29) is 6.54 Å². The minimum atomic E-state index is -3.39. The molecule has 0 amide bonds. The van der Waals surface area contributed by atoms with Gasteiger partial charge in [-0.2, -0.15) is 4.31 Å². The molecule has 1 unspecified atom stereocenters. The number of rotatable bonds is 2. The van der Waals surface area contributed by atoms with Gasteiger partial charge in [0.25, 0.3) is 0 Å². The zero-order chi connectivity index (χ0) is 10.1. The number of sulfonamides is 1.